The summed E-state index contributed by atoms with van der Waals surface area (Å²) in [5.41, 5.74) is 0.980. The summed E-state index contributed by atoms with van der Waals surface area (Å²) in [5.74, 6) is -3.61. The number of carbonyl (C=O) groups is 3. The monoisotopic (exact) mass is 522 g/mol. The molecular formula is C27H26N2O7S. The average molecular weight is 523 g/mol. The Labute approximate surface area is 216 Å². The number of furan rings is 1. The lowest BCUT2D eigenvalue weighted by molar-refractivity contribution is -0.385. The molecule has 1 aliphatic heterocycles. The third-order valence-corrected chi connectivity index (χ3v) is 8.66. The number of hydrogen-bond donors (Lipinski definition) is 1. The third kappa shape index (κ3) is 4.25. The van der Waals surface area contributed by atoms with Crippen LogP contribution in [0.5, 0.6) is 0 Å². The quantitative estimate of drug-likeness (QED) is 0.253. The number of hydrogen-bond acceptors (Lipinski definition) is 7. The van der Waals surface area contributed by atoms with Crippen molar-refractivity contribution in [3.05, 3.63) is 85.5 Å². The van der Waals surface area contributed by atoms with E-state index in [9.17, 15) is 29.6 Å². The van der Waals surface area contributed by atoms with Crippen LogP contribution in [0.2, 0.25) is 0 Å². The zero-order valence-corrected chi connectivity index (χ0v) is 21.1. The minimum absolute atomic E-state index is 0.0687. The summed E-state index contributed by atoms with van der Waals surface area (Å²) >= 11 is 1.34. The molecule has 1 amide bonds. The number of aliphatic carboxylic acids is 1. The molecule has 1 aromatic carbocycles. The van der Waals surface area contributed by atoms with Crippen LogP contribution >= 0.6 is 11.3 Å². The van der Waals surface area contributed by atoms with E-state index in [2.05, 4.69) is 0 Å². The number of nitro benzene ring substituents is 1. The van der Waals surface area contributed by atoms with Crippen molar-refractivity contribution >= 4 is 34.7 Å². The van der Waals surface area contributed by atoms with Gasteiger partial charge in [-0.15, -0.1) is 11.3 Å². The number of carbonyl (C=O) groups excluding carboxylic acids is 2. The molecule has 3 heterocycles. The smallest absolute Gasteiger partial charge is 0.327 e. The van der Waals surface area contributed by atoms with Crippen LogP contribution < -0.4 is 0 Å². The number of amides is 1. The summed E-state index contributed by atoms with van der Waals surface area (Å²) in [6.45, 7) is 3.55. The van der Waals surface area contributed by atoms with Crippen molar-refractivity contribution in [2.24, 2.45) is 11.8 Å². The second-order valence-corrected chi connectivity index (χ2v) is 10.7. The number of benzene rings is 1. The number of ketones is 1. The largest absolute Gasteiger partial charge is 0.480 e. The molecule has 10 heteroatoms. The molecule has 0 radical (unpaired) electrons. The van der Waals surface area contributed by atoms with Gasteiger partial charge in [0.15, 0.2) is 5.76 Å². The third-order valence-electron chi connectivity index (χ3n) is 7.54. The summed E-state index contributed by atoms with van der Waals surface area (Å²) in [6.07, 6.45) is 2.15. The van der Waals surface area contributed by atoms with Gasteiger partial charge in [0, 0.05) is 28.8 Å². The van der Waals surface area contributed by atoms with Crippen LogP contribution in [0.4, 0.5) is 5.69 Å². The maximum absolute atomic E-state index is 14.1. The highest BCUT2D eigenvalue weighted by molar-refractivity contribution is 7.10. The van der Waals surface area contributed by atoms with Gasteiger partial charge in [-0.1, -0.05) is 18.6 Å². The summed E-state index contributed by atoms with van der Waals surface area (Å²) in [6, 6.07) is 8.51. The van der Waals surface area contributed by atoms with Gasteiger partial charge < -0.3 is 14.4 Å². The van der Waals surface area contributed by atoms with Crippen molar-refractivity contribution in [1.82, 2.24) is 4.90 Å². The van der Waals surface area contributed by atoms with E-state index in [4.69, 9.17) is 4.42 Å². The molecule has 3 aromatic rings. The summed E-state index contributed by atoms with van der Waals surface area (Å²) in [7, 11) is 0. The fourth-order valence-electron chi connectivity index (χ4n) is 5.58. The van der Waals surface area contributed by atoms with E-state index < -0.39 is 40.6 Å². The van der Waals surface area contributed by atoms with Gasteiger partial charge in [-0.2, -0.15) is 0 Å². The minimum atomic E-state index is -1.32. The molecule has 2 aromatic heterocycles. The molecule has 4 atom stereocenters. The molecule has 1 saturated carbocycles. The first kappa shape index (κ1) is 24.9. The van der Waals surface area contributed by atoms with E-state index in [0.717, 1.165) is 12.0 Å². The maximum Gasteiger partial charge on any atom is 0.327 e. The van der Waals surface area contributed by atoms with Gasteiger partial charge in [0.1, 0.15) is 11.8 Å². The van der Waals surface area contributed by atoms with Crippen LogP contribution in [0.25, 0.3) is 0 Å². The minimum Gasteiger partial charge on any atom is -0.480 e. The molecule has 0 bridgehead atoms. The number of nitrogens with zero attached hydrogens (tertiary/aromatic N) is 2. The van der Waals surface area contributed by atoms with Crippen molar-refractivity contribution in [1.29, 1.82) is 0 Å². The fourth-order valence-corrected chi connectivity index (χ4v) is 6.69. The van der Waals surface area contributed by atoms with Crippen LogP contribution in [-0.2, 0) is 9.59 Å². The van der Waals surface area contributed by atoms with Crippen LogP contribution in [0.3, 0.4) is 0 Å². The highest BCUT2D eigenvalue weighted by atomic mass is 32.1. The van der Waals surface area contributed by atoms with Crippen molar-refractivity contribution in [2.45, 2.75) is 51.1 Å². The first-order valence-electron chi connectivity index (χ1n) is 12.1. The Kier molecular flexibility index (Phi) is 6.45. The molecule has 0 spiro atoms. The summed E-state index contributed by atoms with van der Waals surface area (Å²) in [5, 5.41) is 24.0. The predicted octanol–water partition coefficient (Wildman–Crippen LogP) is 5.29. The molecule has 192 valence electrons. The number of likely N-dealkylation sites (tertiary alicyclic amines) is 1. The Morgan fingerprint density at radius 1 is 1.14 bits per heavy atom. The van der Waals surface area contributed by atoms with Crippen LogP contribution in [0.15, 0.2) is 52.3 Å². The average Bonchev–Trinajstić information content (AvgIpc) is 3.53. The molecule has 5 rings (SSSR count). The Morgan fingerprint density at radius 2 is 1.89 bits per heavy atom. The molecular weight excluding hydrogens is 496 g/mol. The summed E-state index contributed by atoms with van der Waals surface area (Å²) in [4.78, 5) is 53.9. The van der Waals surface area contributed by atoms with Crippen LogP contribution in [-0.4, -0.2) is 38.6 Å². The normalized spacial score (nSPS) is 23.6. The molecule has 4 unspecified atom stereocenters. The molecule has 9 nitrogen and oxygen atoms in total. The van der Waals surface area contributed by atoms with Gasteiger partial charge >= 0.3 is 5.97 Å². The number of carboxylic acids is 1. The Morgan fingerprint density at radius 3 is 2.43 bits per heavy atom. The molecule has 2 aliphatic rings. The highest BCUT2D eigenvalue weighted by Gasteiger charge is 2.59. The van der Waals surface area contributed by atoms with Crippen molar-refractivity contribution < 1.29 is 28.8 Å². The van der Waals surface area contributed by atoms with E-state index >= 15 is 0 Å². The van der Waals surface area contributed by atoms with Crippen molar-refractivity contribution in [3.63, 3.8) is 0 Å². The standard InChI is InChI=1S/C27H26N2O7S/c1-14-11-12-37-25(14)21-20(24(30)19-10-9-15(2)36-19)22(17-7-4-8-18(13-17)29(34)35)28(23(21)27(32)33)26(31)16-5-3-6-16/h4,7-13,16,20-23H,3,5-6H2,1-2H3,(H,32,33). The lowest BCUT2D eigenvalue weighted by atomic mass is 9.79. The number of carboxylic acid groups (broad SMARTS) is 1. The number of non-ortho nitro benzene ring substituents is 1. The van der Waals surface area contributed by atoms with E-state index in [0.29, 0.717) is 29.0 Å². The SMILES string of the molecule is Cc1ccc(C(=O)C2C(c3sccc3C)C(C(=O)O)N(C(=O)C3CCC3)C2c2cccc([N+](=O)[O-])c2)o1. The van der Waals surface area contributed by atoms with Gasteiger partial charge in [0.05, 0.1) is 16.9 Å². The number of rotatable bonds is 7. The van der Waals surface area contributed by atoms with Gasteiger partial charge in [0.25, 0.3) is 5.69 Å². The molecule has 1 saturated heterocycles. The van der Waals surface area contributed by atoms with E-state index in [1.807, 2.05) is 18.4 Å². The second-order valence-electron chi connectivity index (χ2n) is 9.75. The molecule has 2 fully saturated rings. The van der Waals surface area contributed by atoms with Gasteiger partial charge in [-0.3, -0.25) is 19.7 Å². The number of Topliss-reactive ketones (excluding diaryl/α,β-unsaturated/α-hetero) is 1. The van der Waals surface area contributed by atoms with Crippen molar-refractivity contribution in [2.75, 3.05) is 0 Å². The van der Waals surface area contributed by atoms with Crippen LogP contribution in [0.1, 0.15) is 63.5 Å². The first-order chi connectivity index (χ1) is 17.7. The lowest BCUT2D eigenvalue weighted by Gasteiger charge is -2.36. The van der Waals surface area contributed by atoms with Crippen molar-refractivity contribution in [3.8, 4) is 0 Å². The van der Waals surface area contributed by atoms with E-state index in [1.54, 1.807) is 25.1 Å². The van der Waals surface area contributed by atoms with E-state index in [1.165, 1.54) is 34.4 Å². The topological polar surface area (TPSA) is 131 Å². The van der Waals surface area contributed by atoms with Gasteiger partial charge in [-0.05, 0) is 61.4 Å². The molecule has 37 heavy (non-hydrogen) atoms. The fraction of sp³-hybridized carbons (Fsp3) is 0.370. The zero-order chi connectivity index (χ0) is 26.4. The summed E-state index contributed by atoms with van der Waals surface area (Å²) < 4.78 is 5.67. The Bertz CT molecular complexity index is 1390. The Balaban J connectivity index is 1.76. The second kappa shape index (κ2) is 9.59. The molecule has 1 N–H and O–H groups in total. The number of aryl methyl sites for hydroxylation is 2. The molecule has 1 aliphatic carbocycles. The van der Waals surface area contributed by atoms with Gasteiger partial charge in [0.2, 0.25) is 11.7 Å². The zero-order valence-electron chi connectivity index (χ0n) is 20.3. The van der Waals surface area contributed by atoms with Crippen LogP contribution in [0, 0.1) is 35.8 Å². The van der Waals surface area contributed by atoms with E-state index in [-0.39, 0.29) is 23.3 Å². The lowest BCUT2D eigenvalue weighted by Crippen LogP contribution is -2.47. The predicted molar refractivity (Wildman–Crippen MR) is 135 cm³/mol. The maximum atomic E-state index is 14.1. The van der Waals surface area contributed by atoms with Gasteiger partial charge in [-0.25, -0.2) is 4.79 Å². The number of nitro groups is 1. The Hall–Kier alpha value is -3.79. The number of thiophene rings is 1. The highest BCUT2D eigenvalue weighted by Crippen LogP contribution is 2.54. The first-order valence-corrected chi connectivity index (χ1v) is 13.0.